The van der Waals surface area contributed by atoms with E-state index in [4.69, 9.17) is 4.74 Å². The van der Waals surface area contributed by atoms with Gasteiger partial charge in [0.05, 0.1) is 5.56 Å². The fraction of sp³-hybridized carbons (Fsp3) is 0.320. The van der Waals surface area contributed by atoms with Crippen LogP contribution in [-0.2, 0) is 12.8 Å². The number of hydrogen-bond donors (Lipinski definition) is 3. The highest BCUT2D eigenvalue weighted by Crippen LogP contribution is 2.39. The number of benzene rings is 2. The Balaban J connectivity index is 1.95. The molecule has 0 amide bonds. The lowest BCUT2D eigenvalue weighted by atomic mass is 9.90. The van der Waals surface area contributed by atoms with Crippen LogP contribution in [0.25, 0.3) is 0 Å². The average molecular weight is 408 g/mol. The number of Topliss-reactive ketones (excluding diaryl/α,β-unsaturated/α-hetero) is 1. The number of fused-ring (bicyclic) bond motifs is 1. The Morgan fingerprint density at radius 1 is 0.933 bits per heavy atom. The van der Waals surface area contributed by atoms with Crippen LogP contribution in [0.2, 0.25) is 0 Å². The topological polar surface area (TPSA) is 87.0 Å². The molecule has 1 aliphatic heterocycles. The predicted molar refractivity (Wildman–Crippen MR) is 116 cm³/mol. The molecule has 30 heavy (non-hydrogen) atoms. The maximum Gasteiger partial charge on any atom is 0.199 e. The first-order chi connectivity index (χ1) is 14.2. The minimum atomic E-state index is -1.38. The molecule has 0 saturated carbocycles. The zero-order valence-electron chi connectivity index (χ0n) is 17.8. The van der Waals surface area contributed by atoms with Gasteiger partial charge < -0.3 is 20.1 Å². The van der Waals surface area contributed by atoms with Gasteiger partial charge in [0.1, 0.15) is 17.2 Å². The molecule has 2 aromatic carbocycles. The number of aromatic hydroxyl groups is 2. The van der Waals surface area contributed by atoms with Gasteiger partial charge in [-0.15, -0.1) is 0 Å². The summed E-state index contributed by atoms with van der Waals surface area (Å²) in [4.78, 5) is 12.9. The van der Waals surface area contributed by atoms with E-state index in [9.17, 15) is 20.1 Å². The lowest BCUT2D eigenvalue weighted by Crippen LogP contribution is -2.36. The van der Waals surface area contributed by atoms with Crippen molar-refractivity contribution in [2.45, 2.75) is 52.7 Å². The van der Waals surface area contributed by atoms with Crippen LogP contribution in [0.5, 0.6) is 17.2 Å². The van der Waals surface area contributed by atoms with E-state index in [1.54, 1.807) is 24.3 Å². The third-order valence-electron chi connectivity index (χ3n) is 5.15. The van der Waals surface area contributed by atoms with Gasteiger partial charge in [-0.1, -0.05) is 29.4 Å². The Morgan fingerprint density at radius 3 is 2.13 bits per heavy atom. The number of rotatable bonds is 5. The number of carbonyl (C=O) groups excluding carboxylic acids is 1. The smallest absolute Gasteiger partial charge is 0.199 e. The molecular weight excluding hydrogens is 380 g/mol. The van der Waals surface area contributed by atoms with E-state index in [0.717, 1.165) is 11.1 Å². The standard InChI is InChI=1S/C25H28O5/c1-14(2)5-7-16-11-18(9-10-20(16)26)25-24(29)23(28)19-12-17(8-6-15(3)4)21(27)13-22(19)30-25/h5-6,9-13,24-27,29H,7-8H2,1-4H3/t24-,25+/m0/s1. The molecule has 0 bridgehead atoms. The number of allylic oxidation sites excluding steroid dienone is 4. The molecule has 2 aromatic rings. The molecule has 158 valence electrons. The summed E-state index contributed by atoms with van der Waals surface area (Å²) in [6, 6.07) is 7.94. The number of hydrogen-bond acceptors (Lipinski definition) is 5. The Morgan fingerprint density at radius 2 is 1.53 bits per heavy atom. The first-order valence-electron chi connectivity index (χ1n) is 10.0. The molecule has 0 spiro atoms. The van der Waals surface area contributed by atoms with Crippen molar-refractivity contribution >= 4 is 5.78 Å². The highest BCUT2D eigenvalue weighted by atomic mass is 16.5. The van der Waals surface area contributed by atoms with Crippen LogP contribution in [0.4, 0.5) is 0 Å². The molecule has 5 heteroatoms. The molecule has 3 rings (SSSR count). The Hall–Kier alpha value is -3.05. The van der Waals surface area contributed by atoms with Crippen LogP contribution >= 0.6 is 0 Å². The molecule has 0 radical (unpaired) electrons. The first-order valence-corrected chi connectivity index (χ1v) is 10.0. The van der Waals surface area contributed by atoms with Gasteiger partial charge in [-0.05, 0) is 75.4 Å². The summed E-state index contributed by atoms with van der Waals surface area (Å²) in [6.45, 7) is 7.87. The lowest BCUT2D eigenvalue weighted by molar-refractivity contribution is 0.0215. The second kappa shape index (κ2) is 8.76. The van der Waals surface area contributed by atoms with Gasteiger partial charge in [-0.2, -0.15) is 0 Å². The maximum absolute atomic E-state index is 12.9. The number of aliphatic hydroxyl groups is 1. The van der Waals surface area contributed by atoms with Gasteiger partial charge in [0, 0.05) is 6.07 Å². The van der Waals surface area contributed by atoms with Crippen LogP contribution in [-0.4, -0.2) is 27.2 Å². The van der Waals surface area contributed by atoms with Crippen molar-refractivity contribution in [2.24, 2.45) is 0 Å². The van der Waals surface area contributed by atoms with E-state index in [0.29, 0.717) is 29.5 Å². The van der Waals surface area contributed by atoms with Crippen molar-refractivity contribution in [1.82, 2.24) is 0 Å². The van der Waals surface area contributed by atoms with Crippen molar-refractivity contribution in [3.05, 3.63) is 75.9 Å². The van der Waals surface area contributed by atoms with E-state index in [1.807, 2.05) is 39.8 Å². The van der Waals surface area contributed by atoms with Crippen molar-refractivity contribution in [2.75, 3.05) is 0 Å². The number of ketones is 1. The molecule has 0 unspecified atom stereocenters. The molecule has 3 N–H and O–H groups in total. The predicted octanol–water partition coefficient (Wildman–Crippen LogP) is 4.79. The molecule has 0 saturated heterocycles. The molecule has 0 aromatic heterocycles. The first kappa shape index (κ1) is 21.7. The quantitative estimate of drug-likeness (QED) is 0.619. The summed E-state index contributed by atoms with van der Waals surface area (Å²) in [6.07, 6.45) is 2.67. The van der Waals surface area contributed by atoms with Crippen molar-refractivity contribution in [3.8, 4) is 17.2 Å². The Labute approximate surface area is 177 Å². The van der Waals surface area contributed by atoms with E-state index < -0.39 is 18.0 Å². The van der Waals surface area contributed by atoms with Gasteiger partial charge in [0.2, 0.25) is 0 Å². The van der Waals surface area contributed by atoms with Crippen molar-refractivity contribution < 1.29 is 24.9 Å². The minimum absolute atomic E-state index is 0.0455. The molecule has 0 aliphatic carbocycles. The third-order valence-corrected chi connectivity index (χ3v) is 5.15. The van der Waals surface area contributed by atoms with Gasteiger partial charge in [-0.25, -0.2) is 0 Å². The fourth-order valence-electron chi connectivity index (χ4n) is 3.39. The number of phenols is 2. The average Bonchev–Trinajstić information content (AvgIpc) is 2.68. The Bertz CT molecular complexity index is 1020. The lowest BCUT2D eigenvalue weighted by Gasteiger charge is -2.30. The van der Waals surface area contributed by atoms with Crippen molar-refractivity contribution in [1.29, 1.82) is 0 Å². The summed E-state index contributed by atoms with van der Waals surface area (Å²) in [5.74, 6) is -0.00901. The highest BCUT2D eigenvalue weighted by molar-refractivity contribution is 6.03. The number of carbonyl (C=O) groups is 1. The van der Waals surface area contributed by atoms with Crippen LogP contribution in [0.1, 0.15) is 60.8 Å². The minimum Gasteiger partial charge on any atom is -0.508 e. The molecule has 5 nitrogen and oxygen atoms in total. The largest absolute Gasteiger partial charge is 0.508 e. The van der Waals surface area contributed by atoms with Gasteiger partial charge in [0.15, 0.2) is 18.0 Å². The summed E-state index contributed by atoms with van der Waals surface area (Å²) in [7, 11) is 0. The molecular formula is C25H28O5. The SMILES string of the molecule is CC(C)=CCc1cc([C@H]2Oc3cc(O)c(CC=C(C)C)cc3C(=O)[C@@H]2O)ccc1O. The molecule has 2 atom stereocenters. The number of aliphatic hydroxyl groups excluding tert-OH is 1. The zero-order valence-corrected chi connectivity index (χ0v) is 17.8. The summed E-state index contributed by atoms with van der Waals surface area (Å²) in [5, 5.41) is 31.2. The third kappa shape index (κ3) is 4.57. The number of phenolic OH excluding ortho intramolecular Hbond substituents is 2. The normalized spacial score (nSPS) is 17.7. The van der Waals surface area contributed by atoms with Crippen molar-refractivity contribution in [3.63, 3.8) is 0 Å². The molecule has 1 aliphatic rings. The molecule has 0 fully saturated rings. The van der Waals surface area contributed by atoms with Crippen LogP contribution in [0.15, 0.2) is 53.6 Å². The summed E-state index contributed by atoms with van der Waals surface area (Å²) >= 11 is 0. The van der Waals surface area contributed by atoms with Crippen LogP contribution < -0.4 is 4.74 Å². The van der Waals surface area contributed by atoms with Crippen LogP contribution in [0, 0.1) is 0 Å². The fourth-order valence-corrected chi connectivity index (χ4v) is 3.39. The molecule has 1 heterocycles. The van der Waals surface area contributed by atoms with Crippen LogP contribution in [0.3, 0.4) is 0 Å². The van der Waals surface area contributed by atoms with E-state index in [1.165, 1.54) is 6.07 Å². The van der Waals surface area contributed by atoms with Gasteiger partial charge >= 0.3 is 0 Å². The Kier molecular flexibility index (Phi) is 6.32. The van der Waals surface area contributed by atoms with E-state index in [2.05, 4.69) is 0 Å². The second-order valence-corrected chi connectivity index (χ2v) is 8.18. The maximum atomic E-state index is 12.9. The van der Waals surface area contributed by atoms with E-state index >= 15 is 0 Å². The summed E-state index contributed by atoms with van der Waals surface area (Å²) in [5.41, 5.74) is 4.36. The summed E-state index contributed by atoms with van der Waals surface area (Å²) < 4.78 is 5.94. The van der Waals surface area contributed by atoms with Gasteiger partial charge in [0.25, 0.3) is 0 Å². The monoisotopic (exact) mass is 408 g/mol. The number of ether oxygens (including phenoxy) is 1. The van der Waals surface area contributed by atoms with Gasteiger partial charge in [-0.3, -0.25) is 4.79 Å². The highest BCUT2D eigenvalue weighted by Gasteiger charge is 2.37. The zero-order chi connectivity index (χ0) is 22.0. The second-order valence-electron chi connectivity index (χ2n) is 8.18. The van der Waals surface area contributed by atoms with E-state index in [-0.39, 0.29) is 22.8 Å².